The molecule has 1 atom stereocenters. The first-order valence-electron chi connectivity index (χ1n) is 4.87. The summed E-state index contributed by atoms with van der Waals surface area (Å²) in [7, 11) is 0. The average molecular weight is 214 g/mol. The van der Waals surface area contributed by atoms with Crippen LogP contribution >= 0.6 is 0 Å². The molecule has 0 aliphatic carbocycles. The van der Waals surface area contributed by atoms with E-state index in [0.717, 1.165) is 0 Å². The predicted molar refractivity (Wildman–Crippen MR) is 56.2 cm³/mol. The predicted octanol–water partition coefficient (Wildman–Crippen LogP) is 1.69. The Labute approximate surface area is 90.2 Å². The van der Waals surface area contributed by atoms with Crippen LogP contribution in [0.25, 0.3) is 0 Å². The zero-order valence-corrected chi connectivity index (χ0v) is 9.70. The molecule has 0 radical (unpaired) electrons. The second kappa shape index (κ2) is 6.22. The van der Waals surface area contributed by atoms with Crippen LogP contribution in [0.2, 0.25) is 0 Å². The van der Waals surface area contributed by atoms with E-state index in [9.17, 15) is 9.59 Å². The number of hydrogen-bond donors (Lipinski definition) is 0. The molecule has 0 amide bonds. The molecule has 0 aromatic heterocycles. The van der Waals surface area contributed by atoms with Crippen LogP contribution < -0.4 is 0 Å². The first-order valence-corrected chi connectivity index (χ1v) is 4.87. The number of rotatable bonds is 5. The van der Waals surface area contributed by atoms with Gasteiger partial charge < -0.3 is 9.47 Å². The van der Waals surface area contributed by atoms with Gasteiger partial charge in [-0.05, 0) is 19.8 Å². The molecular formula is C11H18O4. The van der Waals surface area contributed by atoms with E-state index in [4.69, 9.17) is 9.47 Å². The molecule has 0 aliphatic heterocycles. The van der Waals surface area contributed by atoms with Crippen molar-refractivity contribution in [1.29, 1.82) is 0 Å². The molecule has 0 aromatic carbocycles. The van der Waals surface area contributed by atoms with Gasteiger partial charge in [-0.15, -0.1) is 0 Å². The maximum Gasteiger partial charge on any atom is 0.347 e. The molecule has 15 heavy (non-hydrogen) atoms. The zero-order chi connectivity index (χ0) is 12.0. The van der Waals surface area contributed by atoms with Crippen molar-refractivity contribution in [2.45, 2.75) is 33.8 Å². The van der Waals surface area contributed by atoms with Gasteiger partial charge in [-0.2, -0.15) is 0 Å². The highest BCUT2D eigenvalue weighted by Crippen LogP contribution is 2.02. The second-order valence-corrected chi connectivity index (χ2v) is 3.85. The maximum absolute atomic E-state index is 11.3. The fourth-order valence-electron chi connectivity index (χ4n) is 0.675. The van der Waals surface area contributed by atoms with Crippen LogP contribution in [0.3, 0.4) is 0 Å². The lowest BCUT2D eigenvalue weighted by molar-refractivity contribution is -0.165. The lowest BCUT2D eigenvalue weighted by Gasteiger charge is -2.13. The second-order valence-electron chi connectivity index (χ2n) is 3.85. The third-order valence-electron chi connectivity index (χ3n) is 1.52. The van der Waals surface area contributed by atoms with Crippen LogP contribution in [0.5, 0.6) is 0 Å². The highest BCUT2D eigenvalue weighted by Gasteiger charge is 2.19. The summed E-state index contributed by atoms with van der Waals surface area (Å²) < 4.78 is 9.69. The molecule has 0 saturated carbocycles. The Morgan fingerprint density at radius 3 is 2.20 bits per heavy atom. The van der Waals surface area contributed by atoms with Gasteiger partial charge in [0.15, 0.2) is 6.10 Å². The molecule has 0 aliphatic rings. The minimum absolute atomic E-state index is 0.262. The van der Waals surface area contributed by atoms with Gasteiger partial charge in [0.1, 0.15) is 0 Å². The van der Waals surface area contributed by atoms with Gasteiger partial charge in [0, 0.05) is 5.57 Å². The zero-order valence-electron chi connectivity index (χ0n) is 9.70. The fourth-order valence-corrected chi connectivity index (χ4v) is 0.675. The molecule has 4 heteroatoms. The van der Waals surface area contributed by atoms with Gasteiger partial charge in [0.25, 0.3) is 0 Å². The van der Waals surface area contributed by atoms with Crippen molar-refractivity contribution in [2.24, 2.45) is 5.92 Å². The SMILES string of the molecule is C=C(C)C(=O)O[C@H](C)C(=O)OCC(C)C. The quantitative estimate of drug-likeness (QED) is 0.516. The minimum Gasteiger partial charge on any atom is -0.463 e. The van der Waals surface area contributed by atoms with Crippen LogP contribution in [0.1, 0.15) is 27.7 Å². The van der Waals surface area contributed by atoms with E-state index < -0.39 is 18.0 Å². The molecule has 0 bridgehead atoms. The van der Waals surface area contributed by atoms with E-state index >= 15 is 0 Å². The summed E-state index contributed by atoms with van der Waals surface area (Å²) in [5.74, 6) is -0.847. The lowest BCUT2D eigenvalue weighted by Crippen LogP contribution is -2.27. The number of carbonyl (C=O) groups is 2. The Hall–Kier alpha value is -1.32. The lowest BCUT2D eigenvalue weighted by atomic mass is 10.2. The molecule has 0 aromatic rings. The molecule has 0 heterocycles. The summed E-state index contributed by atoms with van der Waals surface area (Å²) in [4.78, 5) is 22.3. The highest BCUT2D eigenvalue weighted by molar-refractivity contribution is 5.89. The van der Waals surface area contributed by atoms with Gasteiger partial charge in [0.2, 0.25) is 0 Å². The summed E-state index contributed by atoms with van der Waals surface area (Å²) in [6.07, 6.45) is -0.882. The monoisotopic (exact) mass is 214 g/mol. The number of carbonyl (C=O) groups excluding carboxylic acids is 2. The summed E-state index contributed by atoms with van der Waals surface area (Å²) in [6, 6.07) is 0. The topological polar surface area (TPSA) is 52.6 Å². The Morgan fingerprint density at radius 2 is 1.80 bits per heavy atom. The van der Waals surface area contributed by atoms with Crippen LogP contribution in [0.4, 0.5) is 0 Å². The number of ether oxygens (including phenoxy) is 2. The summed E-state index contributed by atoms with van der Waals surface area (Å²) in [5.41, 5.74) is 0.263. The van der Waals surface area contributed by atoms with Gasteiger partial charge >= 0.3 is 11.9 Å². The first kappa shape index (κ1) is 13.7. The molecule has 0 unspecified atom stereocenters. The largest absolute Gasteiger partial charge is 0.463 e. The summed E-state index contributed by atoms with van der Waals surface area (Å²) in [6.45, 7) is 10.6. The highest BCUT2D eigenvalue weighted by atomic mass is 16.6. The van der Waals surface area contributed by atoms with E-state index in [0.29, 0.717) is 6.61 Å². The third-order valence-corrected chi connectivity index (χ3v) is 1.52. The van der Waals surface area contributed by atoms with Crippen LogP contribution in [0.15, 0.2) is 12.2 Å². The molecule has 0 spiro atoms. The van der Waals surface area contributed by atoms with Gasteiger partial charge in [-0.1, -0.05) is 20.4 Å². The van der Waals surface area contributed by atoms with E-state index in [1.54, 1.807) is 0 Å². The van der Waals surface area contributed by atoms with Crippen LogP contribution in [-0.4, -0.2) is 24.6 Å². The van der Waals surface area contributed by atoms with Crippen molar-refractivity contribution in [2.75, 3.05) is 6.61 Å². The van der Waals surface area contributed by atoms with E-state index in [1.807, 2.05) is 13.8 Å². The smallest absolute Gasteiger partial charge is 0.347 e. The van der Waals surface area contributed by atoms with Crippen molar-refractivity contribution in [1.82, 2.24) is 0 Å². The van der Waals surface area contributed by atoms with Crippen molar-refractivity contribution in [3.63, 3.8) is 0 Å². The molecule has 4 nitrogen and oxygen atoms in total. The molecule has 0 N–H and O–H groups in total. The van der Waals surface area contributed by atoms with Crippen molar-refractivity contribution in [3.05, 3.63) is 12.2 Å². The van der Waals surface area contributed by atoms with Gasteiger partial charge in [0.05, 0.1) is 6.61 Å². The maximum atomic E-state index is 11.3. The molecular weight excluding hydrogens is 196 g/mol. The summed E-state index contributed by atoms with van der Waals surface area (Å²) >= 11 is 0. The van der Waals surface area contributed by atoms with E-state index in [2.05, 4.69) is 6.58 Å². The number of hydrogen-bond acceptors (Lipinski definition) is 4. The van der Waals surface area contributed by atoms with Gasteiger partial charge in [-0.3, -0.25) is 0 Å². The van der Waals surface area contributed by atoms with E-state index in [1.165, 1.54) is 13.8 Å². The molecule has 0 rings (SSSR count). The Balaban J connectivity index is 3.99. The van der Waals surface area contributed by atoms with Gasteiger partial charge in [-0.25, -0.2) is 9.59 Å². The van der Waals surface area contributed by atoms with Crippen LogP contribution in [0, 0.1) is 5.92 Å². The Bertz CT molecular complexity index is 255. The standard InChI is InChI=1S/C11H18O4/c1-7(2)6-14-11(13)9(5)15-10(12)8(3)4/h7,9H,3,6H2,1-2,4-5H3/t9-/m1/s1. The van der Waals surface area contributed by atoms with Crippen molar-refractivity contribution in [3.8, 4) is 0 Å². The Kier molecular flexibility index (Phi) is 5.67. The molecule has 0 fully saturated rings. The minimum atomic E-state index is -0.882. The fraction of sp³-hybridized carbons (Fsp3) is 0.636. The van der Waals surface area contributed by atoms with Crippen molar-refractivity contribution >= 4 is 11.9 Å². The molecule has 0 saturated heterocycles. The number of esters is 2. The molecule has 86 valence electrons. The third kappa shape index (κ3) is 5.88. The van der Waals surface area contributed by atoms with Crippen molar-refractivity contribution < 1.29 is 19.1 Å². The normalized spacial score (nSPS) is 12.1. The summed E-state index contributed by atoms with van der Waals surface area (Å²) in [5, 5.41) is 0. The van der Waals surface area contributed by atoms with Crippen LogP contribution in [-0.2, 0) is 19.1 Å². The Morgan fingerprint density at radius 1 is 1.27 bits per heavy atom. The van der Waals surface area contributed by atoms with E-state index in [-0.39, 0.29) is 11.5 Å². The first-order chi connectivity index (χ1) is 6.84. The average Bonchev–Trinajstić information content (AvgIpc) is 2.13.